The summed E-state index contributed by atoms with van der Waals surface area (Å²) in [4.78, 5) is 0. The molecule has 1 aliphatic heterocycles. The first-order valence-electron chi connectivity index (χ1n) is 6.84. The lowest BCUT2D eigenvalue weighted by Gasteiger charge is -2.26. The molecule has 0 spiro atoms. The van der Waals surface area contributed by atoms with Crippen molar-refractivity contribution < 1.29 is 17.5 Å². The molecule has 1 fully saturated rings. The Morgan fingerprint density at radius 2 is 2.24 bits per heavy atom. The summed E-state index contributed by atoms with van der Waals surface area (Å²) in [5.41, 5.74) is 0.787. The molecule has 1 aliphatic rings. The minimum absolute atomic E-state index is 0.0267. The first-order valence-corrected chi connectivity index (χ1v) is 9.46. The number of sulfone groups is 1. The van der Waals surface area contributed by atoms with Crippen molar-refractivity contribution in [2.24, 2.45) is 5.92 Å². The number of methoxy groups -OCH3 is 1. The smallest absolute Gasteiger partial charge is 0.150 e. The van der Waals surface area contributed by atoms with Crippen LogP contribution in [0.1, 0.15) is 24.9 Å². The third-order valence-corrected chi connectivity index (χ3v) is 6.17. The number of nitrogens with one attached hydrogen (secondary N) is 1. The highest BCUT2D eigenvalue weighted by atomic mass is 79.9. The fourth-order valence-electron chi connectivity index (χ4n) is 2.80. The summed E-state index contributed by atoms with van der Waals surface area (Å²) >= 11 is 3.18. The molecule has 0 radical (unpaired) electrons. The number of halogens is 2. The van der Waals surface area contributed by atoms with Crippen molar-refractivity contribution in [3.8, 4) is 5.75 Å². The highest BCUT2D eigenvalue weighted by molar-refractivity contribution is 9.10. The van der Waals surface area contributed by atoms with Crippen LogP contribution in [-0.4, -0.2) is 33.6 Å². The molecule has 1 aromatic rings. The highest BCUT2D eigenvalue weighted by Gasteiger charge is 2.35. The third-order valence-electron chi connectivity index (χ3n) is 3.77. The molecule has 2 atom stereocenters. The Labute approximate surface area is 133 Å². The molecule has 7 heteroatoms. The maximum atomic E-state index is 13.7. The average Bonchev–Trinajstić information content (AvgIpc) is 2.79. The predicted octanol–water partition coefficient (Wildman–Crippen LogP) is 2.68. The van der Waals surface area contributed by atoms with Gasteiger partial charge < -0.3 is 10.1 Å². The van der Waals surface area contributed by atoms with Gasteiger partial charge in [0.15, 0.2) is 9.84 Å². The van der Waals surface area contributed by atoms with Crippen LogP contribution in [0.15, 0.2) is 16.6 Å². The summed E-state index contributed by atoms with van der Waals surface area (Å²) in [6, 6.07) is 2.83. The van der Waals surface area contributed by atoms with Crippen molar-refractivity contribution in [3.63, 3.8) is 0 Å². The lowest BCUT2D eigenvalue weighted by Crippen LogP contribution is -2.29. The van der Waals surface area contributed by atoms with Crippen molar-refractivity contribution in [2.75, 3.05) is 25.2 Å². The zero-order valence-electron chi connectivity index (χ0n) is 12.0. The molecular formula is C14H19BrFNO3S. The van der Waals surface area contributed by atoms with E-state index in [1.807, 2.05) is 6.92 Å². The van der Waals surface area contributed by atoms with Crippen LogP contribution < -0.4 is 10.1 Å². The second kappa shape index (κ2) is 6.62. The van der Waals surface area contributed by atoms with Crippen LogP contribution in [0, 0.1) is 11.7 Å². The lowest BCUT2D eigenvalue weighted by atomic mass is 9.91. The second-order valence-electron chi connectivity index (χ2n) is 5.21. The summed E-state index contributed by atoms with van der Waals surface area (Å²) < 4.78 is 42.7. The van der Waals surface area contributed by atoms with Gasteiger partial charge in [0.25, 0.3) is 0 Å². The third kappa shape index (κ3) is 3.76. The zero-order chi connectivity index (χ0) is 15.6. The fourth-order valence-corrected chi connectivity index (χ4v) is 5.00. The van der Waals surface area contributed by atoms with Crippen molar-refractivity contribution in [1.29, 1.82) is 0 Å². The van der Waals surface area contributed by atoms with Crippen LogP contribution in [0.5, 0.6) is 5.75 Å². The average molecular weight is 380 g/mol. The summed E-state index contributed by atoms with van der Waals surface area (Å²) in [7, 11) is -1.48. The van der Waals surface area contributed by atoms with E-state index in [1.165, 1.54) is 13.2 Å². The number of hydrogen-bond acceptors (Lipinski definition) is 4. The van der Waals surface area contributed by atoms with E-state index in [0.717, 1.165) is 5.56 Å². The Morgan fingerprint density at radius 1 is 1.52 bits per heavy atom. The van der Waals surface area contributed by atoms with Crippen molar-refractivity contribution in [3.05, 3.63) is 28.0 Å². The van der Waals surface area contributed by atoms with Gasteiger partial charge in [0.05, 0.1) is 23.1 Å². The molecule has 1 saturated heterocycles. The van der Waals surface area contributed by atoms with Gasteiger partial charge in [0.2, 0.25) is 0 Å². The number of hydrogen-bond donors (Lipinski definition) is 1. The Morgan fingerprint density at radius 3 is 2.76 bits per heavy atom. The number of rotatable bonds is 5. The van der Waals surface area contributed by atoms with E-state index in [-0.39, 0.29) is 23.5 Å². The monoisotopic (exact) mass is 379 g/mol. The summed E-state index contributed by atoms with van der Waals surface area (Å²) in [5.74, 6) is 0.379. The van der Waals surface area contributed by atoms with Crippen LogP contribution in [0.25, 0.3) is 0 Å². The van der Waals surface area contributed by atoms with Crippen LogP contribution in [0.4, 0.5) is 4.39 Å². The van der Waals surface area contributed by atoms with Crippen LogP contribution >= 0.6 is 15.9 Å². The quantitative estimate of drug-likeness (QED) is 0.854. The van der Waals surface area contributed by atoms with Crippen molar-refractivity contribution in [1.82, 2.24) is 5.32 Å². The minimum atomic E-state index is -2.97. The Bertz CT molecular complexity index is 621. The van der Waals surface area contributed by atoms with Gasteiger partial charge in [-0.15, -0.1) is 0 Å². The van der Waals surface area contributed by atoms with Gasteiger partial charge >= 0.3 is 0 Å². The summed E-state index contributed by atoms with van der Waals surface area (Å²) in [5, 5.41) is 3.31. The molecule has 1 heterocycles. The van der Waals surface area contributed by atoms with Crippen molar-refractivity contribution in [2.45, 2.75) is 19.4 Å². The van der Waals surface area contributed by atoms with E-state index in [4.69, 9.17) is 4.74 Å². The summed E-state index contributed by atoms with van der Waals surface area (Å²) in [6.07, 6.45) is 0.609. The van der Waals surface area contributed by atoms with Gasteiger partial charge in [-0.2, -0.15) is 0 Å². The normalized spacial score (nSPS) is 22.2. The molecule has 0 bridgehead atoms. The second-order valence-corrected chi connectivity index (χ2v) is 8.29. The van der Waals surface area contributed by atoms with Crippen molar-refractivity contribution >= 4 is 25.8 Å². The molecule has 0 aliphatic carbocycles. The molecule has 1 N–H and O–H groups in total. The predicted molar refractivity (Wildman–Crippen MR) is 83.8 cm³/mol. The standard InChI is InChI=1S/C14H19BrFNO3S/c1-3-17-14(9-4-5-21(18,19)8-9)10-6-11(15)12(16)7-13(10)20-2/h6-7,9,14,17H,3-5,8H2,1-2H3. The molecule has 2 rings (SSSR count). The zero-order valence-corrected chi connectivity index (χ0v) is 14.4. The molecule has 4 nitrogen and oxygen atoms in total. The van der Waals surface area contributed by atoms with Gasteiger partial charge in [-0.1, -0.05) is 6.92 Å². The molecular weight excluding hydrogens is 361 g/mol. The van der Waals surface area contributed by atoms with Crippen LogP contribution in [0.3, 0.4) is 0 Å². The molecule has 0 amide bonds. The van der Waals surface area contributed by atoms with Gasteiger partial charge in [0, 0.05) is 17.7 Å². The topological polar surface area (TPSA) is 55.4 Å². The van der Waals surface area contributed by atoms with E-state index in [0.29, 0.717) is 23.2 Å². The Balaban J connectivity index is 2.41. The first-order chi connectivity index (χ1) is 9.88. The number of benzene rings is 1. The molecule has 0 saturated carbocycles. The van der Waals surface area contributed by atoms with Gasteiger partial charge in [-0.05, 0) is 40.9 Å². The maximum absolute atomic E-state index is 13.7. The van der Waals surface area contributed by atoms with Gasteiger partial charge in [-0.25, -0.2) is 12.8 Å². The Kier molecular flexibility index (Phi) is 5.27. The highest BCUT2D eigenvalue weighted by Crippen LogP contribution is 2.38. The first kappa shape index (κ1) is 16.7. The largest absolute Gasteiger partial charge is 0.496 e. The maximum Gasteiger partial charge on any atom is 0.150 e. The minimum Gasteiger partial charge on any atom is -0.496 e. The number of ether oxygens (including phenoxy) is 1. The lowest BCUT2D eigenvalue weighted by molar-refractivity contribution is 0.362. The molecule has 1 aromatic carbocycles. The van der Waals surface area contributed by atoms with E-state index in [9.17, 15) is 12.8 Å². The van der Waals surface area contributed by atoms with E-state index in [2.05, 4.69) is 21.2 Å². The molecule has 21 heavy (non-hydrogen) atoms. The fraction of sp³-hybridized carbons (Fsp3) is 0.571. The molecule has 2 unspecified atom stereocenters. The van der Waals surface area contributed by atoms with Gasteiger partial charge in [-0.3, -0.25) is 0 Å². The SMILES string of the molecule is CCNC(c1cc(Br)c(F)cc1OC)C1CCS(=O)(=O)C1. The summed E-state index contributed by atoms with van der Waals surface area (Å²) in [6.45, 7) is 2.65. The van der Waals surface area contributed by atoms with Crippen LogP contribution in [-0.2, 0) is 9.84 Å². The van der Waals surface area contributed by atoms with E-state index < -0.39 is 15.7 Å². The van der Waals surface area contributed by atoms with E-state index >= 15 is 0 Å². The van der Waals surface area contributed by atoms with Gasteiger partial charge in [0.1, 0.15) is 11.6 Å². The Hall–Kier alpha value is -0.660. The van der Waals surface area contributed by atoms with Crippen LogP contribution in [0.2, 0.25) is 0 Å². The molecule has 118 valence electrons. The van der Waals surface area contributed by atoms with E-state index in [1.54, 1.807) is 6.07 Å². The molecule has 0 aromatic heterocycles.